The summed E-state index contributed by atoms with van der Waals surface area (Å²) in [4.78, 5) is 8.19. The lowest BCUT2D eigenvalue weighted by atomic mass is 10.4. The quantitative estimate of drug-likeness (QED) is 0.612. The van der Waals surface area contributed by atoms with Crippen molar-refractivity contribution in [3.63, 3.8) is 0 Å². The maximum Gasteiger partial charge on any atom is 0.228 e. The topological polar surface area (TPSA) is 30.2 Å². The standard InChI is InChI=1S/C9H13N3/c1-4-5-12-7-8(2)6-11-9(12)10-3/h4-7H,1-3H3/b5-4+,10-9?. The molecule has 0 fully saturated rings. The lowest BCUT2D eigenvalue weighted by Gasteiger charge is -1.99. The van der Waals surface area contributed by atoms with Gasteiger partial charge in [-0.2, -0.15) is 0 Å². The number of nitrogens with zero attached hydrogens (tertiary/aromatic N) is 3. The van der Waals surface area contributed by atoms with Crippen molar-refractivity contribution < 1.29 is 0 Å². The molecule has 1 aromatic rings. The Bertz CT molecular complexity index is 347. The van der Waals surface area contributed by atoms with Crippen LogP contribution in [0.1, 0.15) is 12.5 Å². The molecule has 1 heterocycles. The lowest BCUT2D eigenvalue weighted by molar-refractivity contribution is 0.886. The van der Waals surface area contributed by atoms with Crippen molar-refractivity contribution in [3.05, 3.63) is 29.7 Å². The second-order valence-corrected chi connectivity index (χ2v) is 2.54. The maximum absolute atomic E-state index is 4.16. The van der Waals surface area contributed by atoms with Crippen molar-refractivity contribution in [2.45, 2.75) is 13.8 Å². The summed E-state index contributed by atoms with van der Waals surface area (Å²) in [7, 11) is 1.73. The predicted octanol–water partition coefficient (Wildman–Crippen LogP) is 1.21. The number of aromatic nitrogens is 2. The van der Waals surface area contributed by atoms with Gasteiger partial charge in [0.05, 0.1) is 0 Å². The first-order chi connectivity index (χ1) is 5.77. The van der Waals surface area contributed by atoms with Gasteiger partial charge in [0.1, 0.15) is 0 Å². The summed E-state index contributed by atoms with van der Waals surface area (Å²) in [6, 6.07) is 0. The minimum Gasteiger partial charge on any atom is -0.293 e. The van der Waals surface area contributed by atoms with E-state index in [1.165, 1.54) is 0 Å². The fraction of sp³-hybridized carbons (Fsp3) is 0.333. The van der Waals surface area contributed by atoms with Gasteiger partial charge in [-0.05, 0) is 19.4 Å². The second-order valence-electron chi connectivity index (χ2n) is 2.54. The number of allylic oxidation sites excluding steroid dienone is 1. The first kappa shape index (κ1) is 8.71. The third kappa shape index (κ3) is 1.81. The first-order valence-corrected chi connectivity index (χ1v) is 3.88. The minimum atomic E-state index is 0.721. The van der Waals surface area contributed by atoms with Crippen LogP contribution in [0.3, 0.4) is 0 Å². The molecule has 0 bridgehead atoms. The van der Waals surface area contributed by atoms with Gasteiger partial charge in [-0.15, -0.1) is 0 Å². The fourth-order valence-corrected chi connectivity index (χ4v) is 0.980. The van der Waals surface area contributed by atoms with Crippen molar-refractivity contribution >= 4 is 6.20 Å². The molecular formula is C9H13N3. The summed E-state index contributed by atoms with van der Waals surface area (Å²) in [6.07, 6.45) is 7.69. The van der Waals surface area contributed by atoms with Crippen LogP contribution in [-0.2, 0) is 0 Å². The van der Waals surface area contributed by atoms with Crippen molar-refractivity contribution in [1.29, 1.82) is 0 Å². The number of rotatable bonds is 1. The van der Waals surface area contributed by atoms with Crippen LogP contribution in [0.5, 0.6) is 0 Å². The van der Waals surface area contributed by atoms with E-state index in [9.17, 15) is 0 Å². The Morgan fingerprint density at radius 2 is 2.33 bits per heavy atom. The van der Waals surface area contributed by atoms with Gasteiger partial charge in [-0.3, -0.25) is 9.56 Å². The molecule has 12 heavy (non-hydrogen) atoms. The van der Waals surface area contributed by atoms with Crippen LogP contribution in [-0.4, -0.2) is 16.6 Å². The zero-order chi connectivity index (χ0) is 8.97. The predicted molar refractivity (Wildman–Crippen MR) is 49.5 cm³/mol. The van der Waals surface area contributed by atoms with Gasteiger partial charge in [-0.1, -0.05) is 6.08 Å². The largest absolute Gasteiger partial charge is 0.293 e. The number of hydrogen-bond acceptors (Lipinski definition) is 2. The van der Waals surface area contributed by atoms with Gasteiger partial charge in [-0.25, -0.2) is 4.98 Å². The Balaban J connectivity index is 3.32. The van der Waals surface area contributed by atoms with E-state index in [2.05, 4.69) is 9.98 Å². The smallest absolute Gasteiger partial charge is 0.228 e. The molecule has 3 nitrogen and oxygen atoms in total. The van der Waals surface area contributed by atoms with Crippen LogP contribution in [0, 0.1) is 6.92 Å². The Hall–Kier alpha value is -1.38. The summed E-state index contributed by atoms with van der Waals surface area (Å²) >= 11 is 0. The maximum atomic E-state index is 4.16. The molecule has 0 radical (unpaired) electrons. The van der Waals surface area contributed by atoms with Crippen LogP contribution < -0.4 is 5.62 Å². The van der Waals surface area contributed by atoms with E-state index in [4.69, 9.17) is 0 Å². The molecule has 0 unspecified atom stereocenters. The van der Waals surface area contributed by atoms with Crippen molar-refractivity contribution in [2.24, 2.45) is 4.99 Å². The number of hydrogen-bond donors (Lipinski definition) is 0. The highest BCUT2D eigenvalue weighted by Crippen LogP contribution is 1.89. The van der Waals surface area contributed by atoms with E-state index in [0.717, 1.165) is 11.2 Å². The molecule has 0 amide bonds. The van der Waals surface area contributed by atoms with E-state index in [0.29, 0.717) is 0 Å². The second kappa shape index (κ2) is 3.85. The molecule has 0 spiro atoms. The molecule has 3 heteroatoms. The van der Waals surface area contributed by atoms with Crippen LogP contribution in [0.15, 0.2) is 23.5 Å². The molecule has 0 aromatic carbocycles. The van der Waals surface area contributed by atoms with Crippen molar-refractivity contribution in [2.75, 3.05) is 7.05 Å². The SMILES string of the molecule is C/C=C/n1cc(C)cnc1=NC. The third-order valence-corrected chi connectivity index (χ3v) is 1.47. The zero-order valence-corrected chi connectivity index (χ0v) is 7.65. The highest BCUT2D eigenvalue weighted by atomic mass is 15.1. The average Bonchev–Trinajstić information content (AvgIpc) is 2.05. The normalized spacial score (nSPS) is 12.8. The zero-order valence-electron chi connectivity index (χ0n) is 7.65. The van der Waals surface area contributed by atoms with E-state index >= 15 is 0 Å². The Kier molecular flexibility index (Phi) is 2.80. The molecule has 0 aliphatic carbocycles. The van der Waals surface area contributed by atoms with Gasteiger partial charge in [0.2, 0.25) is 5.62 Å². The van der Waals surface area contributed by atoms with Crippen LogP contribution in [0.25, 0.3) is 6.20 Å². The molecule has 64 valence electrons. The fourth-order valence-electron chi connectivity index (χ4n) is 0.980. The van der Waals surface area contributed by atoms with Crippen LogP contribution in [0.4, 0.5) is 0 Å². The molecule has 1 aromatic heterocycles. The van der Waals surface area contributed by atoms with Crippen molar-refractivity contribution in [1.82, 2.24) is 9.55 Å². The highest BCUT2D eigenvalue weighted by Gasteiger charge is 1.89. The van der Waals surface area contributed by atoms with E-state index in [-0.39, 0.29) is 0 Å². The Morgan fingerprint density at radius 1 is 1.58 bits per heavy atom. The Morgan fingerprint density at radius 3 is 2.92 bits per heavy atom. The Labute approximate surface area is 72.1 Å². The lowest BCUT2D eigenvalue weighted by Crippen LogP contribution is -2.19. The van der Waals surface area contributed by atoms with Gasteiger partial charge in [0, 0.05) is 25.6 Å². The summed E-state index contributed by atoms with van der Waals surface area (Å²) in [5.74, 6) is 0. The third-order valence-electron chi connectivity index (χ3n) is 1.47. The minimum absolute atomic E-state index is 0.721. The van der Waals surface area contributed by atoms with E-state index in [1.54, 1.807) is 7.05 Å². The molecule has 0 atom stereocenters. The highest BCUT2D eigenvalue weighted by molar-refractivity contribution is 5.21. The summed E-state index contributed by atoms with van der Waals surface area (Å²) in [5.41, 5.74) is 1.85. The van der Waals surface area contributed by atoms with E-state index < -0.39 is 0 Å². The average molecular weight is 163 g/mol. The molecule has 0 saturated carbocycles. The summed E-state index contributed by atoms with van der Waals surface area (Å²) in [6.45, 7) is 3.97. The molecule has 1 rings (SSSR count). The van der Waals surface area contributed by atoms with Crippen LogP contribution in [0.2, 0.25) is 0 Å². The van der Waals surface area contributed by atoms with Gasteiger partial charge in [0.15, 0.2) is 0 Å². The molecule has 0 aliphatic rings. The summed E-state index contributed by atoms with van der Waals surface area (Å²) < 4.78 is 1.90. The van der Waals surface area contributed by atoms with Gasteiger partial charge < -0.3 is 0 Å². The molecular weight excluding hydrogens is 150 g/mol. The van der Waals surface area contributed by atoms with Gasteiger partial charge >= 0.3 is 0 Å². The monoisotopic (exact) mass is 163 g/mol. The van der Waals surface area contributed by atoms with Gasteiger partial charge in [0.25, 0.3) is 0 Å². The molecule has 0 saturated heterocycles. The first-order valence-electron chi connectivity index (χ1n) is 3.88. The number of aryl methyl sites for hydroxylation is 1. The van der Waals surface area contributed by atoms with Crippen molar-refractivity contribution in [3.8, 4) is 0 Å². The van der Waals surface area contributed by atoms with Crippen LogP contribution >= 0.6 is 0 Å². The molecule has 0 N–H and O–H groups in total. The van der Waals surface area contributed by atoms with E-state index in [1.807, 2.05) is 43.1 Å². The molecule has 0 aliphatic heterocycles. The summed E-state index contributed by atoms with van der Waals surface area (Å²) in [5, 5.41) is 0.